The molecule has 4 heteroatoms. The molecule has 1 saturated heterocycles. The zero-order valence-corrected chi connectivity index (χ0v) is 12.2. The first-order valence-corrected chi connectivity index (χ1v) is 7.45. The van der Waals surface area contributed by atoms with Gasteiger partial charge in [-0.05, 0) is 44.4 Å². The average molecular weight is 274 g/mol. The van der Waals surface area contributed by atoms with Gasteiger partial charge in [0.2, 0.25) is 0 Å². The van der Waals surface area contributed by atoms with Crippen LogP contribution in [0.1, 0.15) is 36.2 Å². The van der Waals surface area contributed by atoms with Gasteiger partial charge >= 0.3 is 0 Å². The Morgan fingerprint density at radius 1 is 1.40 bits per heavy atom. The Hall–Kier alpha value is -1.55. The molecule has 1 N–H and O–H groups in total. The minimum Gasteiger partial charge on any atom is -0.385 e. The molecule has 1 aromatic rings. The molecule has 0 bridgehead atoms. The maximum absolute atomic E-state index is 12.9. The predicted molar refractivity (Wildman–Crippen MR) is 79.2 cm³/mol. The number of benzene rings is 1. The van der Waals surface area contributed by atoms with Crippen LogP contribution in [-0.4, -0.2) is 42.6 Å². The normalized spacial score (nSPS) is 25.8. The minimum absolute atomic E-state index is 0.118. The first-order valence-electron chi connectivity index (χ1n) is 7.45. The van der Waals surface area contributed by atoms with Crippen molar-refractivity contribution in [3.8, 4) is 0 Å². The Labute approximate surface area is 120 Å². The number of rotatable bonds is 1. The van der Waals surface area contributed by atoms with Gasteiger partial charge in [0.05, 0.1) is 18.8 Å². The fourth-order valence-corrected chi connectivity index (χ4v) is 3.05. The van der Waals surface area contributed by atoms with Crippen molar-refractivity contribution in [1.82, 2.24) is 4.90 Å². The maximum atomic E-state index is 12.9. The van der Waals surface area contributed by atoms with Crippen molar-refractivity contribution in [2.24, 2.45) is 0 Å². The topological polar surface area (TPSA) is 41.6 Å². The Morgan fingerprint density at radius 2 is 2.25 bits per heavy atom. The van der Waals surface area contributed by atoms with Gasteiger partial charge in [-0.3, -0.25) is 4.79 Å². The van der Waals surface area contributed by atoms with Crippen molar-refractivity contribution in [1.29, 1.82) is 0 Å². The summed E-state index contributed by atoms with van der Waals surface area (Å²) >= 11 is 0. The monoisotopic (exact) mass is 274 g/mol. The van der Waals surface area contributed by atoms with Gasteiger partial charge in [-0.25, -0.2) is 0 Å². The number of hydrogen-bond acceptors (Lipinski definition) is 3. The van der Waals surface area contributed by atoms with E-state index < -0.39 is 0 Å². The Kier molecular flexibility index (Phi) is 3.66. The van der Waals surface area contributed by atoms with E-state index in [0.29, 0.717) is 13.2 Å². The highest BCUT2D eigenvalue weighted by atomic mass is 16.5. The number of carbonyl (C=O) groups excluding carboxylic acids is 1. The van der Waals surface area contributed by atoms with Crippen molar-refractivity contribution < 1.29 is 9.53 Å². The zero-order valence-electron chi connectivity index (χ0n) is 12.2. The molecule has 0 saturated carbocycles. The first kappa shape index (κ1) is 13.4. The average Bonchev–Trinajstić information content (AvgIpc) is 2.48. The summed E-state index contributed by atoms with van der Waals surface area (Å²) in [6.45, 7) is 6.37. The van der Waals surface area contributed by atoms with E-state index in [4.69, 9.17) is 4.74 Å². The summed E-state index contributed by atoms with van der Waals surface area (Å²) in [7, 11) is 0. The van der Waals surface area contributed by atoms with Crippen molar-refractivity contribution in [3.05, 3.63) is 29.3 Å². The van der Waals surface area contributed by atoms with Crippen molar-refractivity contribution >= 4 is 11.6 Å². The van der Waals surface area contributed by atoms with E-state index in [2.05, 4.69) is 18.3 Å². The highest BCUT2D eigenvalue weighted by Gasteiger charge is 2.30. The number of amides is 1. The number of fused-ring (bicyclic) bond motifs is 1. The number of morpholine rings is 1. The number of carbonyl (C=O) groups is 1. The molecule has 0 spiro atoms. The van der Waals surface area contributed by atoms with Crippen LogP contribution < -0.4 is 5.32 Å². The van der Waals surface area contributed by atoms with Gasteiger partial charge < -0.3 is 15.0 Å². The van der Waals surface area contributed by atoms with Gasteiger partial charge in [0, 0.05) is 24.3 Å². The summed E-state index contributed by atoms with van der Waals surface area (Å²) in [5.74, 6) is 0.146. The fraction of sp³-hybridized carbons (Fsp3) is 0.562. The van der Waals surface area contributed by atoms with Crippen LogP contribution in [0.15, 0.2) is 18.2 Å². The van der Waals surface area contributed by atoms with Crippen LogP contribution in [0.5, 0.6) is 0 Å². The first-order chi connectivity index (χ1) is 9.66. The highest BCUT2D eigenvalue weighted by molar-refractivity contribution is 5.97. The van der Waals surface area contributed by atoms with E-state index in [-0.39, 0.29) is 18.1 Å². The van der Waals surface area contributed by atoms with Crippen LogP contribution in [0.4, 0.5) is 5.69 Å². The van der Waals surface area contributed by atoms with E-state index in [1.807, 2.05) is 24.0 Å². The number of hydrogen-bond donors (Lipinski definition) is 1. The molecule has 3 rings (SSSR count). The maximum Gasteiger partial charge on any atom is 0.254 e. The van der Waals surface area contributed by atoms with Crippen LogP contribution in [0.3, 0.4) is 0 Å². The molecule has 2 aliphatic rings. The number of anilines is 1. The van der Waals surface area contributed by atoms with Gasteiger partial charge in [0.15, 0.2) is 0 Å². The van der Waals surface area contributed by atoms with Crippen LogP contribution in [0.25, 0.3) is 0 Å². The lowest BCUT2D eigenvalue weighted by atomic mass is 9.96. The molecule has 108 valence electrons. The molecule has 2 atom stereocenters. The second kappa shape index (κ2) is 5.44. The molecule has 0 aliphatic carbocycles. The molecule has 2 heterocycles. The van der Waals surface area contributed by atoms with Crippen molar-refractivity contribution in [2.75, 3.05) is 25.0 Å². The molecule has 4 nitrogen and oxygen atoms in total. The van der Waals surface area contributed by atoms with E-state index in [1.54, 1.807) is 0 Å². The minimum atomic E-state index is 0.118. The summed E-state index contributed by atoms with van der Waals surface area (Å²) < 4.78 is 5.61. The van der Waals surface area contributed by atoms with Crippen LogP contribution in [0, 0.1) is 0 Å². The summed E-state index contributed by atoms with van der Waals surface area (Å²) in [5.41, 5.74) is 3.15. The molecule has 20 heavy (non-hydrogen) atoms. The van der Waals surface area contributed by atoms with Gasteiger partial charge in [-0.2, -0.15) is 0 Å². The van der Waals surface area contributed by atoms with Crippen LogP contribution in [0.2, 0.25) is 0 Å². The quantitative estimate of drug-likeness (QED) is 0.854. The van der Waals surface area contributed by atoms with Gasteiger partial charge in [-0.15, -0.1) is 0 Å². The number of nitrogens with zero attached hydrogens (tertiary/aromatic N) is 1. The lowest BCUT2D eigenvalue weighted by Crippen LogP contribution is -2.50. The second-order valence-electron chi connectivity index (χ2n) is 5.81. The lowest BCUT2D eigenvalue weighted by Gasteiger charge is -2.37. The summed E-state index contributed by atoms with van der Waals surface area (Å²) in [6.07, 6.45) is 2.19. The van der Waals surface area contributed by atoms with Crippen molar-refractivity contribution in [2.45, 2.75) is 38.8 Å². The lowest BCUT2D eigenvalue weighted by molar-refractivity contribution is -0.0387. The van der Waals surface area contributed by atoms with Gasteiger partial charge in [0.25, 0.3) is 5.91 Å². The van der Waals surface area contributed by atoms with Crippen LogP contribution >= 0.6 is 0 Å². The third kappa shape index (κ3) is 2.40. The van der Waals surface area contributed by atoms with E-state index in [1.165, 1.54) is 5.56 Å². The second-order valence-corrected chi connectivity index (χ2v) is 5.81. The Morgan fingerprint density at radius 3 is 3.10 bits per heavy atom. The molecule has 0 aromatic heterocycles. The van der Waals surface area contributed by atoms with E-state index in [0.717, 1.165) is 30.6 Å². The summed E-state index contributed by atoms with van der Waals surface area (Å²) in [5, 5.41) is 3.39. The summed E-state index contributed by atoms with van der Waals surface area (Å²) in [6, 6.07) is 6.14. The molecule has 2 aliphatic heterocycles. The van der Waals surface area contributed by atoms with E-state index in [9.17, 15) is 4.79 Å². The van der Waals surface area contributed by atoms with Gasteiger partial charge in [0.1, 0.15) is 0 Å². The summed E-state index contributed by atoms with van der Waals surface area (Å²) in [4.78, 5) is 14.8. The molecule has 2 unspecified atom stereocenters. The van der Waals surface area contributed by atoms with E-state index >= 15 is 0 Å². The molecular formula is C16H22N2O2. The Bertz CT molecular complexity index is 515. The molecule has 1 fully saturated rings. The SMILES string of the molecule is CC1CN(C(=O)c2cccc3c2CCCN3)C(C)CO1. The third-order valence-electron chi connectivity index (χ3n) is 4.19. The zero-order chi connectivity index (χ0) is 14.1. The molecule has 1 aromatic carbocycles. The molecule has 0 radical (unpaired) electrons. The largest absolute Gasteiger partial charge is 0.385 e. The Balaban J connectivity index is 1.90. The number of ether oxygens (including phenoxy) is 1. The van der Waals surface area contributed by atoms with Crippen LogP contribution in [-0.2, 0) is 11.2 Å². The predicted octanol–water partition coefficient (Wildman–Crippen LogP) is 2.29. The fourth-order valence-electron chi connectivity index (χ4n) is 3.05. The molecule has 1 amide bonds. The highest BCUT2D eigenvalue weighted by Crippen LogP contribution is 2.27. The van der Waals surface area contributed by atoms with Crippen molar-refractivity contribution in [3.63, 3.8) is 0 Å². The smallest absolute Gasteiger partial charge is 0.254 e. The third-order valence-corrected chi connectivity index (χ3v) is 4.19. The molecular weight excluding hydrogens is 252 g/mol. The van der Waals surface area contributed by atoms with Gasteiger partial charge in [-0.1, -0.05) is 6.07 Å². The standard InChI is InChI=1S/C16H22N2O2/c1-11-10-20-12(2)9-18(11)16(19)14-5-3-7-15-13(14)6-4-8-17-15/h3,5,7,11-12,17H,4,6,8-10H2,1-2H3. The number of nitrogens with one attached hydrogen (secondary N) is 1.